The molecular formula is C17H31ClN4O2. The first kappa shape index (κ1) is 20.9. The van der Waals surface area contributed by atoms with Gasteiger partial charge in [0, 0.05) is 37.9 Å². The minimum Gasteiger partial charge on any atom is -0.377 e. The third kappa shape index (κ3) is 5.19. The second kappa shape index (κ2) is 8.83. The van der Waals surface area contributed by atoms with Crippen LogP contribution in [0.4, 0.5) is 0 Å². The summed E-state index contributed by atoms with van der Waals surface area (Å²) < 4.78 is 7.69. The average molecular weight is 359 g/mol. The van der Waals surface area contributed by atoms with Crippen LogP contribution in [0.3, 0.4) is 0 Å². The molecule has 0 aromatic carbocycles. The van der Waals surface area contributed by atoms with E-state index in [9.17, 15) is 4.79 Å². The van der Waals surface area contributed by atoms with Crippen molar-refractivity contribution in [2.75, 3.05) is 20.2 Å². The van der Waals surface area contributed by atoms with E-state index in [1.165, 1.54) is 0 Å². The van der Waals surface area contributed by atoms with Crippen LogP contribution in [0.2, 0.25) is 0 Å². The van der Waals surface area contributed by atoms with Gasteiger partial charge in [0.05, 0.1) is 12.3 Å². The molecule has 2 rings (SSSR count). The van der Waals surface area contributed by atoms with Gasteiger partial charge in [-0.15, -0.1) is 12.4 Å². The van der Waals surface area contributed by atoms with Crippen LogP contribution in [0.1, 0.15) is 45.2 Å². The molecule has 6 nitrogen and oxygen atoms in total. The molecule has 3 atom stereocenters. The van der Waals surface area contributed by atoms with Gasteiger partial charge in [-0.05, 0) is 25.3 Å². The molecule has 1 saturated heterocycles. The molecule has 1 aliphatic heterocycles. The Morgan fingerprint density at radius 3 is 2.75 bits per heavy atom. The fraction of sp³-hybridized carbons (Fsp3) is 0.765. The Hall–Kier alpha value is -1.11. The normalized spacial score (nSPS) is 22.5. The molecule has 3 unspecified atom stereocenters. The summed E-state index contributed by atoms with van der Waals surface area (Å²) in [6, 6.07) is -0.374. The molecule has 2 N–H and O–H groups in total. The molecule has 1 aliphatic rings. The van der Waals surface area contributed by atoms with Crippen molar-refractivity contribution in [3.05, 3.63) is 18.0 Å². The number of halogens is 1. The maximum atomic E-state index is 12.5. The Morgan fingerprint density at radius 1 is 1.50 bits per heavy atom. The molecule has 1 amide bonds. The van der Waals surface area contributed by atoms with Crippen molar-refractivity contribution in [1.29, 1.82) is 0 Å². The highest BCUT2D eigenvalue weighted by Crippen LogP contribution is 2.33. The lowest BCUT2D eigenvalue weighted by Gasteiger charge is -2.40. The van der Waals surface area contributed by atoms with Crippen molar-refractivity contribution >= 4 is 18.3 Å². The predicted molar refractivity (Wildman–Crippen MR) is 97.2 cm³/mol. The van der Waals surface area contributed by atoms with Gasteiger partial charge in [0.1, 0.15) is 6.04 Å². The molecule has 2 heterocycles. The lowest BCUT2D eigenvalue weighted by molar-refractivity contribution is -0.125. The summed E-state index contributed by atoms with van der Waals surface area (Å²) in [4.78, 5) is 12.5. The smallest absolute Gasteiger partial charge is 0.241 e. The number of rotatable bonds is 5. The number of aryl methyl sites for hydroxylation is 1. The van der Waals surface area contributed by atoms with E-state index in [0.717, 1.165) is 25.0 Å². The van der Waals surface area contributed by atoms with Crippen LogP contribution >= 0.6 is 12.4 Å². The number of aromatic nitrogens is 2. The fourth-order valence-corrected chi connectivity index (χ4v) is 3.38. The molecule has 0 radical (unpaired) electrons. The molecule has 24 heavy (non-hydrogen) atoms. The van der Waals surface area contributed by atoms with Gasteiger partial charge in [0.15, 0.2) is 0 Å². The van der Waals surface area contributed by atoms with Crippen molar-refractivity contribution < 1.29 is 9.53 Å². The molecule has 0 bridgehead atoms. The first-order valence-corrected chi connectivity index (χ1v) is 8.38. The van der Waals surface area contributed by atoms with E-state index in [1.54, 1.807) is 17.9 Å². The molecular weight excluding hydrogens is 328 g/mol. The topological polar surface area (TPSA) is 68.2 Å². The van der Waals surface area contributed by atoms with Gasteiger partial charge in [-0.2, -0.15) is 5.10 Å². The third-order valence-corrected chi connectivity index (χ3v) is 4.45. The van der Waals surface area contributed by atoms with E-state index in [4.69, 9.17) is 4.74 Å². The number of nitrogens with zero attached hydrogens (tertiary/aromatic N) is 2. The maximum Gasteiger partial charge on any atom is 0.241 e. The summed E-state index contributed by atoms with van der Waals surface area (Å²) in [5.41, 5.74) is 0.960. The van der Waals surface area contributed by atoms with E-state index >= 15 is 0 Å². The van der Waals surface area contributed by atoms with Gasteiger partial charge in [-0.25, -0.2) is 0 Å². The van der Waals surface area contributed by atoms with E-state index in [0.29, 0.717) is 12.5 Å². The Balaban J connectivity index is 0.00000288. The van der Waals surface area contributed by atoms with E-state index in [1.807, 2.05) is 13.2 Å². The van der Waals surface area contributed by atoms with Crippen molar-refractivity contribution in [2.45, 2.75) is 45.8 Å². The molecule has 0 aliphatic carbocycles. The van der Waals surface area contributed by atoms with Crippen LogP contribution in [-0.4, -0.2) is 42.0 Å². The zero-order valence-electron chi connectivity index (χ0n) is 15.3. The Bertz CT molecular complexity index is 527. The van der Waals surface area contributed by atoms with Gasteiger partial charge >= 0.3 is 0 Å². The number of carbonyl (C=O) groups is 1. The van der Waals surface area contributed by atoms with Crippen LogP contribution in [0, 0.1) is 11.3 Å². The SMILES string of the molecule is CNC(C(=O)NCC1CCCOC1C(C)(C)C)c1cnn(C)c1.Cl. The number of ether oxygens (including phenoxy) is 1. The minimum atomic E-state index is -0.374. The van der Waals surface area contributed by atoms with Crippen LogP contribution in [-0.2, 0) is 16.6 Å². The van der Waals surface area contributed by atoms with Crippen LogP contribution < -0.4 is 10.6 Å². The lowest BCUT2D eigenvalue weighted by Crippen LogP contribution is -2.46. The van der Waals surface area contributed by atoms with E-state index < -0.39 is 0 Å². The van der Waals surface area contributed by atoms with Crippen LogP contribution in [0.25, 0.3) is 0 Å². The van der Waals surface area contributed by atoms with Gasteiger partial charge in [0.25, 0.3) is 0 Å². The summed E-state index contributed by atoms with van der Waals surface area (Å²) in [6.07, 6.45) is 5.93. The van der Waals surface area contributed by atoms with Gasteiger partial charge in [-0.1, -0.05) is 20.8 Å². The zero-order valence-corrected chi connectivity index (χ0v) is 16.2. The highest BCUT2D eigenvalue weighted by molar-refractivity contribution is 5.85. The number of nitrogens with one attached hydrogen (secondary N) is 2. The number of carbonyl (C=O) groups excluding carboxylic acids is 1. The van der Waals surface area contributed by atoms with Gasteiger partial charge in [0.2, 0.25) is 5.91 Å². The minimum absolute atomic E-state index is 0. The quantitative estimate of drug-likeness (QED) is 0.845. The lowest BCUT2D eigenvalue weighted by atomic mass is 9.78. The Morgan fingerprint density at radius 2 is 2.21 bits per heavy atom. The van der Waals surface area contributed by atoms with Crippen molar-refractivity contribution in [1.82, 2.24) is 20.4 Å². The summed E-state index contributed by atoms with van der Waals surface area (Å²) >= 11 is 0. The molecule has 138 valence electrons. The average Bonchev–Trinajstić information content (AvgIpc) is 2.91. The number of amides is 1. The standard InChI is InChI=1S/C17H30N4O2.ClH/c1-17(2,3)15-12(7-6-8-23-15)9-19-16(22)14(18-4)13-10-20-21(5)11-13;/h10-12,14-15,18H,6-9H2,1-5H3,(H,19,22);1H. The second-order valence-corrected chi connectivity index (χ2v) is 7.47. The van der Waals surface area contributed by atoms with Crippen molar-refractivity contribution in [2.24, 2.45) is 18.4 Å². The van der Waals surface area contributed by atoms with Gasteiger partial charge < -0.3 is 15.4 Å². The number of hydrogen-bond donors (Lipinski definition) is 2. The van der Waals surface area contributed by atoms with Crippen molar-refractivity contribution in [3.63, 3.8) is 0 Å². The molecule has 1 fully saturated rings. The van der Waals surface area contributed by atoms with E-state index in [2.05, 4.69) is 36.5 Å². The molecule has 1 aromatic heterocycles. The molecule has 1 aromatic rings. The van der Waals surface area contributed by atoms with Crippen LogP contribution in [0.15, 0.2) is 12.4 Å². The number of likely N-dealkylation sites (N-methyl/N-ethyl adjacent to an activating group) is 1. The van der Waals surface area contributed by atoms with E-state index in [-0.39, 0.29) is 35.9 Å². The summed E-state index contributed by atoms with van der Waals surface area (Å²) in [7, 11) is 3.64. The first-order chi connectivity index (χ1) is 10.8. The highest BCUT2D eigenvalue weighted by Gasteiger charge is 2.35. The highest BCUT2D eigenvalue weighted by atomic mass is 35.5. The predicted octanol–water partition coefficient (Wildman–Crippen LogP) is 2.06. The van der Waals surface area contributed by atoms with Crippen LogP contribution in [0.5, 0.6) is 0 Å². The monoisotopic (exact) mass is 358 g/mol. The number of hydrogen-bond acceptors (Lipinski definition) is 4. The Labute approximate surface area is 151 Å². The summed E-state index contributed by atoms with van der Waals surface area (Å²) in [6.45, 7) is 8.07. The largest absolute Gasteiger partial charge is 0.377 e. The molecule has 7 heteroatoms. The third-order valence-electron chi connectivity index (χ3n) is 4.45. The fourth-order valence-electron chi connectivity index (χ4n) is 3.38. The zero-order chi connectivity index (χ0) is 17.0. The summed E-state index contributed by atoms with van der Waals surface area (Å²) in [5.74, 6) is 0.345. The molecule has 0 saturated carbocycles. The maximum absolute atomic E-state index is 12.5. The van der Waals surface area contributed by atoms with Gasteiger partial charge in [-0.3, -0.25) is 9.48 Å². The first-order valence-electron chi connectivity index (χ1n) is 8.38. The summed E-state index contributed by atoms with van der Waals surface area (Å²) in [5, 5.41) is 10.3. The Kier molecular flexibility index (Phi) is 7.70. The second-order valence-electron chi connectivity index (χ2n) is 7.47. The molecule has 0 spiro atoms. The van der Waals surface area contributed by atoms with Crippen molar-refractivity contribution in [3.8, 4) is 0 Å².